The summed E-state index contributed by atoms with van der Waals surface area (Å²) in [5, 5.41) is 0. The molecule has 1 aromatic carbocycles. The van der Waals surface area contributed by atoms with Gasteiger partial charge in [0.25, 0.3) is 0 Å². The predicted molar refractivity (Wildman–Crippen MR) is 70.3 cm³/mol. The number of halogens is 1. The quantitative estimate of drug-likeness (QED) is 0.658. The first-order chi connectivity index (χ1) is 9.06. The summed E-state index contributed by atoms with van der Waals surface area (Å²) < 4.78 is 24.5. The van der Waals surface area contributed by atoms with Gasteiger partial charge < -0.3 is 9.15 Å². The Morgan fingerprint density at radius 1 is 1.26 bits per heavy atom. The van der Waals surface area contributed by atoms with Gasteiger partial charge in [-0.15, -0.1) is 0 Å². The van der Waals surface area contributed by atoms with Gasteiger partial charge in [0.05, 0.1) is 13.2 Å². The average Bonchev–Trinajstić information content (AvgIpc) is 2.71. The number of ether oxygens (including phenoxy) is 1. The molecule has 102 valence electrons. The van der Waals surface area contributed by atoms with E-state index in [0.717, 1.165) is 17.1 Å². The van der Waals surface area contributed by atoms with Crippen molar-refractivity contribution >= 4 is 0 Å². The van der Waals surface area contributed by atoms with Crippen LogP contribution in [0.4, 0.5) is 4.39 Å². The number of hydrazine groups is 1. The molecular weight excluding hydrogens is 247 g/mol. The van der Waals surface area contributed by atoms with Crippen LogP contribution in [0.5, 0.6) is 5.75 Å². The average molecular weight is 264 g/mol. The minimum atomic E-state index is -0.455. The van der Waals surface area contributed by atoms with Gasteiger partial charge in [-0.3, -0.25) is 5.84 Å². The van der Waals surface area contributed by atoms with Crippen molar-refractivity contribution in [3.8, 4) is 5.75 Å². The fourth-order valence-electron chi connectivity index (χ4n) is 2.15. The van der Waals surface area contributed by atoms with Crippen LogP contribution in [-0.4, -0.2) is 7.11 Å². The highest BCUT2D eigenvalue weighted by Gasteiger charge is 2.21. The maximum Gasteiger partial charge on any atom is 0.132 e. The normalized spacial score (nSPS) is 12.5. The highest BCUT2D eigenvalue weighted by molar-refractivity contribution is 5.38. The molecule has 0 bridgehead atoms. The third kappa shape index (κ3) is 2.62. The van der Waals surface area contributed by atoms with Crippen LogP contribution < -0.4 is 16.0 Å². The summed E-state index contributed by atoms with van der Waals surface area (Å²) in [5.74, 6) is 7.14. The van der Waals surface area contributed by atoms with Gasteiger partial charge in [0, 0.05) is 17.2 Å². The monoisotopic (exact) mass is 264 g/mol. The zero-order valence-electron chi connectivity index (χ0n) is 11.2. The molecule has 0 aliphatic rings. The number of methoxy groups -OCH3 is 1. The lowest BCUT2D eigenvalue weighted by Crippen LogP contribution is -2.29. The van der Waals surface area contributed by atoms with E-state index in [0.29, 0.717) is 11.3 Å². The zero-order chi connectivity index (χ0) is 14.0. The summed E-state index contributed by atoms with van der Waals surface area (Å²) in [5.41, 5.74) is 3.90. The van der Waals surface area contributed by atoms with Gasteiger partial charge in [-0.25, -0.2) is 9.82 Å². The summed E-state index contributed by atoms with van der Waals surface area (Å²) in [6, 6.07) is 6.08. The highest BCUT2D eigenvalue weighted by Crippen LogP contribution is 2.30. The summed E-state index contributed by atoms with van der Waals surface area (Å²) in [6.45, 7) is 3.67. The van der Waals surface area contributed by atoms with Crippen molar-refractivity contribution in [3.63, 3.8) is 0 Å². The van der Waals surface area contributed by atoms with Crippen LogP contribution >= 0.6 is 0 Å². The molecule has 3 N–H and O–H groups in total. The number of hydrogen-bond acceptors (Lipinski definition) is 4. The molecule has 1 heterocycles. The van der Waals surface area contributed by atoms with E-state index in [1.807, 2.05) is 19.9 Å². The molecule has 1 atom stereocenters. The lowest BCUT2D eigenvalue weighted by atomic mass is 9.99. The second kappa shape index (κ2) is 5.42. The van der Waals surface area contributed by atoms with Crippen LogP contribution in [-0.2, 0) is 0 Å². The summed E-state index contributed by atoms with van der Waals surface area (Å²) in [7, 11) is 1.50. The van der Waals surface area contributed by atoms with Crippen LogP contribution in [0.15, 0.2) is 28.7 Å². The Kier molecular flexibility index (Phi) is 3.87. The lowest BCUT2D eigenvalue weighted by Gasteiger charge is -2.17. The first-order valence-corrected chi connectivity index (χ1v) is 5.93. The molecule has 0 saturated carbocycles. The number of furan rings is 1. The van der Waals surface area contributed by atoms with Crippen LogP contribution in [0.3, 0.4) is 0 Å². The van der Waals surface area contributed by atoms with Gasteiger partial charge in [0.15, 0.2) is 0 Å². The standard InChI is InChI=1S/C14H17FN2O2/c1-8-6-12(9(2)19-8)14(17-16)11-5-4-10(18-3)7-13(11)15/h4-7,14,17H,16H2,1-3H3. The van der Waals surface area contributed by atoms with Crippen LogP contribution in [0.25, 0.3) is 0 Å². The number of rotatable bonds is 4. The third-order valence-corrected chi connectivity index (χ3v) is 3.08. The second-order valence-electron chi connectivity index (χ2n) is 4.36. The van der Waals surface area contributed by atoms with Crippen LogP contribution in [0.2, 0.25) is 0 Å². The van der Waals surface area contributed by atoms with Gasteiger partial charge in [0.1, 0.15) is 23.1 Å². The molecule has 4 nitrogen and oxygen atoms in total. The van der Waals surface area contributed by atoms with Gasteiger partial charge in [-0.1, -0.05) is 6.07 Å². The topological polar surface area (TPSA) is 60.4 Å². The smallest absolute Gasteiger partial charge is 0.132 e. The Morgan fingerprint density at radius 3 is 2.47 bits per heavy atom. The molecule has 0 radical (unpaired) electrons. The fourth-order valence-corrected chi connectivity index (χ4v) is 2.15. The molecule has 0 fully saturated rings. The van der Waals surface area contributed by atoms with Crippen molar-refractivity contribution in [3.05, 3.63) is 52.7 Å². The van der Waals surface area contributed by atoms with Gasteiger partial charge in [0.2, 0.25) is 0 Å². The molecule has 0 aliphatic carbocycles. The lowest BCUT2D eigenvalue weighted by molar-refractivity contribution is 0.410. The molecule has 0 saturated heterocycles. The number of nitrogens with two attached hydrogens (primary N) is 1. The molecule has 1 aromatic heterocycles. The number of nitrogens with one attached hydrogen (secondary N) is 1. The summed E-state index contributed by atoms with van der Waals surface area (Å²) in [6.07, 6.45) is 0. The maximum absolute atomic E-state index is 14.1. The van der Waals surface area contributed by atoms with Crippen molar-refractivity contribution in [2.24, 2.45) is 5.84 Å². The SMILES string of the molecule is COc1ccc(C(NN)c2cc(C)oc2C)c(F)c1. The van der Waals surface area contributed by atoms with E-state index in [9.17, 15) is 4.39 Å². The van der Waals surface area contributed by atoms with Crippen LogP contribution in [0, 0.1) is 19.7 Å². The molecule has 2 aromatic rings. The molecule has 0 amide bonds. The summed E-state index contributed by atoms with van der Waals surface area (Å²) in [4.78, 5) is 0. The third-order valence-electron chi connectivity index (χ3n) is 3.08. The molecule has 19 heavy (non-hydrogen) atoms. The molecule has 5 heteroatoms. The maximum atomic E-state index is 14.1. The summed E-state index contributed by atoms with van der Waals surface area (Å²) >= 11 is 0. The Labute approximate surface area is 111 Å². The number of benzene rings is 1. The molecule has 1 unspecified atom stereocenters. The van der Waals surface area contributed by atoms with Crippen molar-refractivity contribution < 1.29 is 13.5 Å². The second-order valence-corrected chi connectivity index (χ2v) is 4.36. The minimum Gasteiger partial charge on any atom is -0.497 e. The Balaban J connectivity index is 2.45. The Morgan fingerprint density at radius 2 is 2.00 bits per heavy atom. The van der Waals surface area contributed by atoms with E-state index in [-0.39, 0.29) is 5.82 Å². The van der Waals surface area contributed by atoms with E-state index >= 15 is 0 Å². The van der Waals surface area contributed by atoms with E-state index in [1.165, 1.54) is 13.2 Å². The number of hydrogen-bond donors (Lipinski definition) is 2. The Hall–Kier alpha value is -1.85. The van der Waals surface area contributed by atoms with E-state index in [4.69, 9.17) is 15.0 Å². The molecule has 2 rings (SSSR count). The van der Waals surface area contributed by atoms with Crippen LogP contribution in [0.1, 0.15) is 28.7 Å². The van der Waals surface area contributed by atoms with Gasteiger partial charge in [-0.05, 0) is 26.0 Å². The van der Waals surface area contributed by atoms with Crippen molar-refractivity contribution in [2.45, 2.75) is 19.9 Å². The van der Waals surface area contributed by atoms with Crippen molar-refractivity contribution in [1.82, 2.24) is 5.43 Å². The van der Waals surface area contributed by atoms with Crippen molar-refractivity contribution in [2.75, 3.05) is 7.11 Å². The van der Waals surface area contributed by atoms with Gasteiger partial charge >= 0.3 is 0 Å². The van der Waals surface area contributed by atoms with E-state index in [2.05, 4.69) is 5.43 Å². The first-order valence-electron chi connectivity index (χ1n) is 5.93. The highest BCUT2D eigenvalue weighted by atomic mass is 19.1. The number of aryl methyl sites for hydroxylation is 2. The van der Waals surface area contributed by atoms with E-state index in [1.54, 1.807) is 12.1 Å². The van der Waals surface area contributed by atoms with Gasteiger partial charge in [-0.2, -0.15) is 0 Å². The zero-order valence-corrected chi connectivity index (χ0v) is 11.2. The largest absolute Gasteiger partial charge is 0.497 e. The molecule has 0 aliphatic heterocycles. The first kappa shape index (κ1) is 13.6. The van der Waals surface area contributed by atoms with Crippen molar-refractivity contribution in [1.29, 1.82) is 0 Å². The fraction of sp³-hybridized carbons (Fsp3) is 0.286. The van der Waals surface area contributed by atoms with E-state index < -0.39 is 6.04 Å². The molecular formula is C14H17FN2O2. The Bertz CT molecular complexity index is 581. The molecule has 0 spiro atoms. The minimum absolute atomic E-state index is 0.374. The predicted octanol–water partition coefficient (Wildman–Crippen LogP) is 2.60.